The van der Waals surface area contributed by atoms with Gasteiger partial charge in [-0.1, -0.05) is 17.3 Å². The minimum absolute atomic E-state index is 0.192. The molecule has 1 aliphatic rings. The Balaban J connectivity index is 2.27. The maximum Gasteiger partial charge on any atom is 0.351 e. The van der Waals surface area contributed by atoms with E-state index in [0.717, 1.165) is 0 Å². The van der Waals surface area contributed by atoms with Crippen molar-refractivity contribution in [1.29, 1.82) is 5.26 Å². The Morgan fingerprint density at radius 1 is 1.65 bits per heavy atom. The van der Waals surface area contributed by atoms with Gasteiger partial charge in [0.25, 0.3) is 0 Å². The summed E-state index contributed by atoms with van der Waals surface area (Å²) in [5.74, 6) is -1.05. The fourth-order valence-corrected chi connectivity index (χ4v) is 1.58. The van der Waals surface area contributed by atoms with Crippen molar-refractivity contribution in [2.75, 3.05) is 0 Å². The Morgan fingerprint density at radius 2 is 2.41 bits per heavy atom. The lowest BCUT2D eigenvalue weighted by Gasteiger charge is -2.14. The second-order valence-electron chi connectivity index (χ2n) is 4.03. The number of nitrogens with zero attached hydrogens (tertiary/aromatic N) is 2. The monoisotopic (exact) mass is 230 g/mol. The van der Waals surface area contributed by atoms with Gasteiger partial charge in [0.05, 0.1) is 17.3 Å². The van der Waals surface area contributed by atoms with E-state index in [1.165, 1.54) is 6.92 Å². The van der Waals surface area contributed by atoms with Crippen molar-refractivity contribution in [2.45, 2.75) is 18.9 Å². The van der Waals surface area contributed by atoms with Gasteiger partial charge in [0.15, 0.2) is 0 Å². The first-order valence-electron chi connectivity index (χ1n) is 5.04. The van der Waals surface area contributed by atoms with Crippen molar-refractivity contribution in [3.63, 3.8) is 0 Å². The van der Waals surface area contributed by atoms with E-state index < -0.39 is 11.6 Å². The van der Waals surface area contributed by atoms with Crippen LogP contribution in [0.2, 0.25) is 0 Å². The lowest BCUT2D eigenvalue weighted by Crippen LogP contribution is -2.35. The zero-order chi connectivity index (χ0) is 12.5. The summed E-state index contributed by atoms with van der Waals surface area (Å²) >= 11 is 0. The number of oxime groups is 1. The third kappa shape index (κ3) is 1.97. The number of rotatable bonds is 2. The fourth-order valence-electron chi connectivity index (χ4n) is 1.58. The number of benzene rings is 1. The molecule has 0 bridgehead atoms. The predicted octanol–water partition coefficient (Wildman–Crippen LogP) is 1.53. The third-order valence-electron chi connectivity index (χ3n) is 2.64. The molecular weight excluding hydrogens is 220 g/mol. The first-order chi connectivity index (χ1) is 8.05. The molecule has 5 heteroatoms. The quantitative estimate of drug-likeness (QED) is 0.835. The summed E-state index contributed by atoms with van der Waals surface area (Å²) in [6, 6.07) is 8.86. The topological polar surface area (TPSA) is 82.7 Å². The number of aliphatic carboxylic acids is 1. The second-order valence-corrected chi connectivity index (χ2v) is 4.03. The van der Waals surface area contributed by atoms with Crippen LogP contribution in [0.4, 0.5) is 0 Å². The van der Waals surface area contributed by atoms with Gasteiger partial charge in [-0.2, -0.15) is 5.26 Å². The molecule has 0 fully saturated rings. The Bertz CT molecular complexity index is 545. The van der Waals surface area contributed by atoms with E-state index in [4.69, 9.17) is 15.2 Å². The van der Waals surface area contributed by atoms with Gasteiger partial charge in [-0.25, -0.2) is 4.79 Å². The highest BCUT2D eigenvalue weighted by atomic mass is 16.7. The summed E-state index contributed by atoms with van der Waals surface area (Å²) in [6.07, 6.45) is 0.192. The molecule has 2 rings (SSSR count). The largest absolute Gasteiger partial charge is 0.478 e. The number of nitriles is 1. The molecule has 0 saturated heterocycles. The molecule has 0 saturated carbocycles. The van der Waals surface area contributed by atoms with Crippen LogP contribution in [0.5, 0.6) is 0 Å². The minimum Gasteiger partial charge on any atom is -0.478 e. The number of carboxylic acid groups (broad SMARTS) is 1. The van der Waals surface area contributed by atoms with Gasteiger partial charge in [0.2, 0.25) is 5.60 Å². The van der Waals surface area contributed by atoms with Crippen LogP contribution in [-0.4, -0.2) is 22.4 Å². The standard InChI is InChI=1S/C12H10N2O3/c1-12(11(15)16)6-10(14-17-12)9-4-2-3-8(5-9)7-13/h2-5H,6H2,1H3,(H,15,16). The summed E-state index contributed by atoms with van der Waals surface area (Å²) in [5, 5.41) is 21.5. The Hall–Kier alpha value is -2.35. The molecule has 86 valence electrons. The number of carbonyl (C=O) groups is 1. The molecule has 0 radical (unpaired) electrons. The smallest absolute Gasteiger partial charge is 0.351 e. The summed E-state index contributed by atoms with van der Waals surface area (Å²) < 4.78 is 0. The maximum atomic E-state index is 11.0. The van der Waals surface area contributed by atoms with E-state index >= 15 is 0 Å². The van der Waals surface area contributed by atoms with Crippen LogP contribution in [0, 0.1) is 11.3 Å². The van der Waals surface area contributed by atoms with Crippen molar-refractivity contribution in [3.8, 4) is 6.07 Å². The van der Waals surface area contributed by atoms with Gasteiger partial charge in [-0.3, -0.25) is 0 Å². The van der Waals surface area contributed by atoms with Gasteiger partial charge < -0.3 is 9.94 Å². The molecule has 1 aromatic carbocycles. The first kappa shape index (κ1) is 11.1. The SMILES string of the molecule is CC1(C(=O)O)CC(c2cccc(C#N)c2)=NO1. The Morgan fingerprint density at radius 3 is 3.00 bits per heavy atom. The van der Waals surface area contributed by atoms with Crippen molar-refractivity contribution < 1.29 is 14.7 Å². The summed E-state index contributed by atoms with van der Waals surface area (Å²) in [4.78, 5) is 15.9. The van der Waals surface area contributed by atoms with E-state index in [1.807, 2.05) is 6.07 Å². The summed E-state index contributed by atoms with van der Waals surface area (Å²) in [7, 11) is 0. The number of hydrogen-bond donors (Lipinski definition) is 1. The highest BCUT2D eigenvalue weighted by Gasteiger charge is 2.42. The van der Waals surface area contributed by atoms with Crippen molar-refractivity contribution in [3.05, 3.63) is 35.4 Å². The summed E-state index contributed by atoms with van der Waals surface area (Å²) in [5.41, 5.74) is 0.466. The molecule has 5 nitrogen and oxygen atoms in total. The molecule has 17 heavy (non-hydrogen) atoms. The molecule has 1 heterocycles. The average Bonchev–Trinajstić information content (AvgIpc) is 2.74. The van der Waals surface area contributed by atoms with Crippen molar-refractivity contribution >= 4 is 11.7 Å². The van der Waals surface area contributed by atoms with Crippen molar-refractivity contribution in [2.24, 2.45) is 5.16 Å². The lowest BCUT2D eigenvalue weighted by molar-refractivity contribution is -0.160. The highest BCUT2D eigenvalue weighted by Crippen LogP contribution is 2.26. The van der Waals surface area contributed by atoms with Crippen molar-refractivity contribution in [1.82, 2.24) is 0 Å². The molecule has 0 aliphatic carbocycles. The van der Waals surface area contributed by atoms with E-state index in [2.05, 4.69) is 5.16 Å². The molecule has 1 unspecified atom stereocenters. The average molecular weight is 230 g/mol. The van der Waals surface area contributed by atoms with Gasteiger partial charge in [0.1, 0.15) is 0 Å². The van der Waals surface area contributed by atoms with E-state index in [9.17, 15) is 4.79 Å². The Labute approximate surface area is 97.9 Å². The van der Waals surface area contributed by atoms with Crippen LogP contribution in [-0.2, 0) is 9.63 Å². The van der Waals surface area contributed by atoms with E-state index in [1.54, 1.807) is 24.3 Å². The number of hydrogen-bond acceptors (Lipinski definition) is 4. The van der Waals surface area contributed by atoms with Crippen LogP contribution in [0.25, 0.3) is 0 Å². The van der Waals surface area contributed by atoms with Gasteiger partial charge in [-0.15, -0.1) is 0 Å². The third-order valence-corrected chi connectivity index (χ3v) is 2.64. The second kappa shape index (κ2) is 3.91. The fraction of sp³-hybridized carbons (Fsp3) is 0.250. The molecule has 1 atom stereocenters. The normalized spacial score (nSPS) is 22.5. The molecule has 0 aromatic heterocycles. The molecule has 1 N–H and O–H groups in total. The highest BCUT2D eigenvalue weighted by molar-refractivity contribution is 6.04. The van der Waals surface area contributed by atoms with E-state index in [0.29, 0.717) is 16.8 Å². The molecule has 1 aliphatic heterocycles. The summed E-state index contributed by atoms with van der Waals surface area (Å²) in [6.45, 7) is 1.47. The van der Waals surface area contributed by atoms with Gasteiger partial charge in [-0.05, 0) is 19.1 Å². The van der Waals surface area contributed by atoms with Gasteiger partial charge >= 0.3 is 5.97 Å². The zero-order valence-corrected chi connectivity index (χ0v) is 9.17. The molecule has 0 spiro atoms. The minimum atomic E-state index is -1.31. The van der Waals surface area contributed by atoms with E-state index in [-0.39, 0.29) is 6.42 Å². The molecule has 1 aromatic rings. The molecule has 0 amide bonds. The van der Waals surface area contributed by atoms with Crippen LogP contribution in [0.3, 0.4) is 0 Å². The van der Waals surface area contributed by atoms with Gasteiger partial charge in [0, 0.05) is 12.0 Å². The lowest BCUT2D eigenvalue weighted by atomic mass is 9.95. The Kier molecular flexibility index (Phi) is 2.56. The van der Waals surface area contributed by atoms with Crippen LogP contribution in [0.1, 0.15) is 24.5 Å². The predicted molar refractivity (Wildman–Crippen MR) is 59.4 cm³/mol. The van der Waals surface area contributed by atoms with Crippen LogP contribution >= 0.6 is 0 Å². The van der Waals surface area contributed by atoms with Crippen LogP contribution < -0.4 is 0 Å². The first-order valence-corrected chi connectivity index (χ1v) is 5.04. The number of carboxylic acids is 1. The maximum absolute atomic E-state index is 11.0. The van der Waals surface area contributed by atoms with Crippen LogP contribution in [0.15, 0.2) is 29.4 Å². The zero-order valence-electron chi connectivity index (χ0n) is 9.17. The molecular formula is C12H10N2O3.